The van der Waals surface area contributed by atoms with Crippen LogP contribution in [-0.2, 0) is 4.79 Å². The fourth-order valence-corrected chi connectivity index (χ4v) is 4.32. The molecule has 0 radical (unpaired) electrons. The molecule has 0 saturated heterocycles. The van der Waals surface area contributed by atoms with Crippen LogP contribution in [0, 0.1) is 11.6 Å². The van der Waals surface area contributed by atoms with Gasteiger partial charge in [-0.2, -0.15) is 0 Å². The number of amides is 1. The van der Waals surface area contributed by atoms with E-state index in [0.29, 0.717) is 9.36 Å². The van der Waals surface area contributed by atoms with Crippen LogP contribution in [0.5, 0.6) is 0 Å². The molecule has 3 rings (SSSR count). The van der Waals surface area contributed by atoms with Crippen LogP contribution in [0.4, 0.5) is 14.5 Å². The Bertz CT molecular complexity index is 916. The summed E-state index contributed by atoms with van der Waals surface area (Å²) in [5, 5.41) is 2.46. The van der Waals surface area contributed by atoms with Crippen LogP contribution >= 0.6 is 34.7 Å². The number of hydrogen-bond donors (Lipinski definition) is 1. The smallest absolute Gasteiger partial charge is 0.237 e. The minimum Gasteiger partial charge on any atom is -0.323 e. The van der Waals surface area contributed by atoms with Gasteiger partial charge in [0.1, 0.15) is 11.6 Å². The average molecular weight is 385 g/mol. The van der Waals surface area contributed by atoms with Crippen molar-refractivity contribution >= 4 is 56.5 Å². The SMILES string of the molecule is C[C@H](Sc1nc2cc(Cl)ccc2s1)C(=O)Nc1cc(F)ccc1F. The number of thiazole rings is 1. The molecule has 1 heterocycles. The molecule has 0 spiro atoms. The van der Waals surface area contributed by atoms with E-state index in [9.17, 15) is 13.6 Å². The molecule has 1 aromatic heterocycles. The van der Waals surface area contributed by atoms with Crippen molar-refractivity contribution in [2.24, 2.45) is 0 Å². The maximum atomic E-state index is 13.6. The number of nitrogens with one attached hydrogen (secondary N) is 1. The molecule has 1 atom stereocenters. The second-order valence-corrected chi connectivity index (χ2v) is 8.02. The Labute approximate surface area is 150 Å². The van der Waals surface area contributed by atoms with Crippen molar-refractivity contribution in [1.82, 2.24) is 4.98 Å². The summed E-state index contributed by atoms with van der Waals surface area (Å²) in [5.41, 5.74) is 0.585. The summed E-state index contributed by atoms with van der Waals surface area (Å²) in [6.07, 6.45) is 0. The topological polar surface area (TPSA) is 42.0 Å². The molecule has 0 unspecified atom stereocenters. The summed E-state index contributed by atoms with van der Waals surface area (Å²) >= 11 is 8.62. The second kappa shape index (κ2) is 7.04. The first-order valence-electron chi connectivity index (χ1n) is 6.91. The number of carbonyl (C=O) groups excluding carboxylic acids is 1. The Kier molecular flexibility index (Phi) is 5.03. The Morgan fingerprint density at radius 1 is 1.29 bits per heavy atom. The van der Waals surface area contributed by atoms with Gasteiger partial charge >= 0.3 is 0 Å². The molecule has 1 amide bonds. The van der Waals surface area contributed by atoms with Crippen molar-refractivity contribution in [3.05, 3.63) is 53.1 Å². The molecule has 3 aromatic rings. The van der Waals surface area contributed by atoms with E-state index in [4.69, 9.17) is 11.6 Å². The summed E-state index contributed by atoms with van der Waals surface area (Å²) in [6.45, 7) is 1.68. The number of thioether (sulfide) groups is 1. The van der Waals surface area contributed by atoms with Crippen LogP contribution in [-0.4, -0.2) is 16.1 Å². The zero-order valence-corrected chi connectivity index (χ0v) is 14.7. The van der Waals surface area contributed by atoms with Crippen LogP contribution in [0.15, 0.2) is 40.7 Å². The Balaban J connectivity index is 1.72. The van der Waals surface area contributed by atoms with E-state index in [2.05, 4.69) is 10.3 Å². The lowest BCUT2D eigenvalue weighted by molar-refractivity contribution is -0.115. The lowest BCUT2D eigenvalue weighted by atomic mass is 10.3. The molecule has 1 N–H and O–H groups in total. The van der Waals surface area contributed by atoms with Gasteiger partial charge in [-0.1, -0.05) is 23.4 Å². The van der Waals surface area contributed by atoms with E-state index in [-0.39, 0.29) is 5.69 Å². The second-order valence-electron chi connectivity index (χ2n) is 4.97. The highest BCUT2D eigenvalue weighted by molar-refractivity contribution is 8.02. The lowest BCUT2D eigenvalue weighted by Crippen LogP contribution is -2.23. The number of anilines is 1. The number of carbonyl (C=O) groups is 1. The van der Waals surface area contributed by atoms with E-state index in [1.54, 1.807) is 19.1 Å². The molecule has 0 aliphatic carbocycles. The van der Waals surface area contributed by atoms with Crippen LogP contribution < -0.4 is 5.32 Å². The summed E-state index contributed by atoms with van der Waals surface area (Å²) < 4.78 is 28.4. The predicted molar refractivity (Wildman–Crippen MR) is 94.9 cm³/mol. The van der Waals surface area contributed by atoms with Crippen molar-refractivity contribution in [1.29, 1.82) is 0 Å². The van der Waals surface area contributed by atoms with Gasteiger partial charge < -0.3 is 5.32 Å². The number of nitrogens with zero attached hydrogens (tertiary/aromatic N) is 1. The van der Waals surface area contributed by atoms with Crippen molar-refractivity contribution < 1.29 is 13.6 Å². The number of benzene rings is 2. The van der Waals surface area contributed by atoms with Crippen molar-refractivity contribution in [3.63, 3.8) is 0 Å². The van der Waals surface area contributed by atoms with Crippen LogP contribution in [0.2, 0.25) is 5.02 Å². The minimum atomic E-state index is -0.684. The molecule has 0 aliphatic heterocycles. The minimum absolute atomic E-state index is 0.177. The Hall–Kier alpha value is -1.70. The molecule has 24 heavy (non-hydrogen) atoms. The van der Waals surface area contributed by atoms with Gasteiger partial charge in [-0.15, -0.1) is 11.3 Å². The van der Waals surface area contributed by atoms with Gasteiger partial charge in [-0.05, 0) is 37.3 Å². The van der Waals surface area contributed by atoms with Crippen molar-refractivity contribution in [2.45, 2.75) is 16.5 Å². The first kappa shape index (κ1) is 17.1. The maximum absolute atomic E-state index is 13.6. The normalized spacial score (nSPS) is 12.3. The van der Waals surface area contributed by atoms with Gasteiger partial charge in [0.25, 0.3) is 0 Å². The monoisotopic (exact) mass is 384 g/mol. The summed E-state index contributed by atoms with van der Waals surface area (Å²) in [4.78, 5) is 16.6. The van der Waals surface area contributed by atoms with Crippen LogP contribution in [0.25, 0.3) is 10.2 Å². The highest BCUT2D eigenvalue weighted by Gasteiger charge is 2.18. The molecule has 0 aliphatic rings. The first-order chi connectivity index (χ1) is 11.4. The molecular weight excluding hydrogens is 374 g/mol. The zero-order valence-electron chi connectivity index (χ0n) is 12.3. The number of rotatable bonds is 4. The molecule has 0 fully saturated rings. The van der Waals surface area contributed by atoms with Gasteiger partial charge in [-0.3, -0.25) is 4.79 Å². The fourth-order valence-electron chi connectivity index (χ4n) is 1.96. The molecule has 0 bridgehead atoms. The number of fused-ring (bicyclic) bond motifs is 1. The van der Waals surface area contributed by atoms with Crippen molar-refractivity contribution in [2.75, 3.05) is 5.32 Å². The van der Waals surface area contributed by atoms with Crippen LogP contribution in [0.1, 0.15) is 6.92 Å². The largest absolute Gasteiger partial charge is 0.323 e. The van der Waals surface area contributed by atoms with Crippen LogP contribution in [0.3, 0.4) is 0 Å². The standard InChI is InChI=1S/C16H11ClF2N2OS2/c1-8(15(22)20-12-7-10(18)3-4-11(12)19)23-16-21-13-6-9(17)2-5-14(13)24-16/h2-8H,1H3,(H,20,22)/t8-/m0/s1. The zero-order chi connectivity index (χ0) is 17.3. The summed E-state index contributed by atoms with van der Waals surface area (Å²) in [6, 6.07) is 8.32. The van der Waals surface area contributed by atoms with Gasteiger partial charge in [0.15, 0.2) is 4.34 Å². The quantitative estimate of drug-likeness (QED) is 0.617. The average Bonchev–Trinajstić information content (AvgIpc) is 2.92. The third-order valence-electron chi connectivity index (χ3n) is 3.16. The molecule has 3 nitrogen and oxygen atoms in total. The number of halogens is 3. The van der Waals surface area contributed by atoms with Gasteiger partial charge in [0.2, 0.25) is 5.91 Å². The fraction of sp³-hybridized carbons (Fsp3) is 0.125. The van der Waals surface area contributed by atoms with Gasteiger partial charge in [0.05, 0.1) is 21.2 Å². The van der Waals surface area contributed by atoms with E-state index >= 15 is 0 Å². The number of hydrogen-bond acceptors (Lipinski definition) is 4. The number of aromatic nitrogens is 1. The first-order valence-corrected chi connectivity index (χ1v) is 8.98. The third-order valence-corrected chi connectivity index (χ3v) is 5.63. The Morgan fingerprint density at radius 3 is 2.88 bits per heavy atom. The van der Waals surface area contributed by atoms with Gasteiger partial charge in [0, 0.05) is 11.1 Å². The van der Waals surface area contributed by atoms with E-state index in [0.717, 1.165) is 28.4 Å². The highest BCUT2D eigenvalue weighted by Crippen LogP contribution is 2.33. The molecule has 8 heteroatoms. The highest BCUT2D eigenvalue weighted by atomic mass is 35.5. The van der Waals surface area contributed by atoms with Gasteiger partial charge in [-0.25, -0.2) is 13.8 Å². The maximum Gasteiger partial charge on any atom is 0.237 e. The molecule has 124 valence electrons. The summed E-state index contributed by atoms with van der Waals surface area (Å²) in [7, 11) is 0. The molecular formula is C16H11ClF2N2OS2. The Morgan fingerprint density at radius 2 is 2.08 bits per heavy atom. The third kappa shape index (κ3) is 3.85. The molecule has 2 aromatic carbocycles. The van der Waals surface area contributed by atoms with Crippen molar-refractivity contribution in [3.8, 4) is 0 Å². The molecule has 0 saturated carbocycles. The summed E-state index contributed by atoms with van der Waals surface area (Å²) in [5.74, 6) is -1.73. The van der Waals surface area contributed by atoms with E-state index in [1.807, 2.05) is 6.07 Å². The lowest BCUT2D eigenvalue weighted by Gasteiger charge is -2.11. The predicted octanol–water partition coefficient (Wildman–Crippen LogP) is 5.35. The van der Waals surface area contributed by atoms with E-state index in [1.165, 1.54) is 23.1 Å². The van der Waals surface area contributed by atoms with E-state index < -0.39 is 22.8 Å².